The molecule has 24 heavy (non-hydrogen) atoms. The van der Waals surface area contributed by atoms with Crippen molar-refractivity contribution in [2.75, 3.05) is 25.0 Å². The highest BCUT2D eigenvalue weighted by Gasteiger charge is 2.18. The Bertz CT molecular complexity index is 664. The molecule has 1 aliphatic rings. The summed E-state index contributed by atoms with van der Waals surface area (Å²) in [5.41, 5.74) is 0.705. The van der Waals surface area contributed by atoms with Crippen LogP contribution in [0, 0.1) is 5.92 Å². The Morgan fingerprint density at radius 2 is 1.75 bits per heavy atom. The van der Waals surface area contributed by atoms with Crippen molar-refractivity contribution in [1.82, 2.24) is 4.90 Å². The quantitative estimate of drug-likeness (QED) is 0.898. The van der Waals surface area contributed by atoms with Crippen LogP contribution in [-0.4, -0.2) is 30.4 Å². The van der Waals surface area contributed by atoms with E-state index in [0.717, 1.165) is 24.8 Å². The zero-order valence-corrected chi connectivity index (χ0v) is 14.1. The number of amides is 1. The number of hydrogen-bond acceptors (Lipinski definition) is 3. The molecule has 0 atom stereocenters. The first-order valence-electron chi connectivity index (χ1n) is 8.55. The molecular formula is C20H24N2O2. The molecule has 0 radical (unpaired) electrons. The van der Waals surface area contributed by atoms with Gasteiger partial charge in [0.25, 0.3) is 0 Å². The molecule has 2 aromatic rings. The van der Waals surface area contributed by atoms with Crippen LogP contribution in [0.2, 0.25) is 0 Å². The zero-order valence-electron chi connectivity index (χ0n) is 14.1. The number of nitrogens with one attached hydrogen (secondary N) is 1. The molecule has 1 amide bonds. The van der Waals surface area contributed by atoms with Crippen molar-refractivity contribution in [2.45, 2.75) is 19.8 Å². The molecule has 0 aromatic heterocycles. The van der Waals surface area contributed by atoms with E-state index >= 15 is 0 Å². The summed E-state index contributed by atoms with van der Waals surface area (Å²) in [6.07, 6.45) is 2.34. The highest BCUT2D eigenvalue weighted by molar-refractivity contribution is 5.93. The minimum atomic E-state index is 0.00802. The summed E-state index contributed by atoms with van der Waals surface area (Å²) in [6, 6.07) is 17.1. The normalized spacial score (nSPS) is 15.9. The Hall–Kier alpha value is -2.33. The van der Waals surface area contributed by atoms with E-state index in [-0.39, 0.29) is 5.91 Å². The van der Waals surface area contributed by atoms with Gasteiger partial charge < -0.3 is 10.1 Å². The Labute approximate surface area is 143 Å². The second kappa shape index (κ2) is 7.97. The lowest BCUT2D eigenvalue weighted by atomic mass is 9.99. The smallest absolute Gasteiger partial charge is 0.238 e. The number of anilines is 1. The molecule has 0 unspecified atom stereocenters. The van der Waals surface area contributed by atoms with E-state index in [4.69, 9.17) is 4.74 Å². The van der Waals surface area contributed by atoms with Gasteiger partial charge in [-0.15, -0.1) is 0 Å². The third-order valence-electron chi connectivity index (χ3n) is 4.38. The standard InChI is InChI=1S/C20H24N2O2/c1-16-11-13-22(14-12-16)15-20(23)21-18-9-5-6-10-19(18)24-17-7-3-2-4-8-17/h2-10,16H,11-15H2,1H3,(H,21,23). The maximum Gasteiger partial charge on any atom is 0.238 e. The van der Waals surface area contributed by atoms with E-state index < -0.39 is 0 Å². The maximum absolute atomic E-state index is 12.4. The molecule has 1 N–H and O–H groups in total. The average Bonchev–Trinajstić information content (AvgIpc) is 2.60. The number of nitrogens with zero attached hydrogens (tertiary/aromatic N) is 1. The largest absolute Gasteiger partial charge is 0.455 e. The first kappa shape index (κ1) is 16.5. The first-order chi connectivity index (χ1) is 11.7. The fraction of sp³-hybridized carbons (Fsp3) is 0.350. The lowest BCUT2D eigenvalue weighted by Gasteiger charge is -2.29. The zero-order chi connectivity index (χ0) is 16.8. The molecule has 4 heteroatoms. The van der Waals surface area contributed by atoms with Crippen LogP contribution in [0.25, 0.3) is 0 Å². The first-order valence-corrected chi connectivity index (χ1v) is 8.55. The summed E-state index contributed by atoms with van der Waals surface area (Å²) >= 11 is 0. The molecular weight excluding hydrogens is 300 g/mol. The van der Waals surface area contributed by atoms with Gasteiger partial charge in [0.15, 0.2) is 5.75 Å². The van der Waals surface area contributed by atoms with Gasteiger partial charge in [0, 0.05) is 0 Å². The van der Waals surface area contributed by atoms with Crippen LogP contribution < -0.4 is 10.1 Å². The van der Waals surface area contributed by atoms with Crippen LogP contribution in [0.4, 0.5) is 5.69 Å². The molecule has 126 valence electrons. The van der Waals surface area contributed by atoms with Crippen molar-refractivity contribution in [2.24, 2.45) is 5.92 Å². The molecule has 0 bridgehead atoms. The van der Waals surface area contributed by atoms with E-state index in [1.54, 1.807) is 0 Å². The van der Waals surface area contributed by atoms with Gasteiger partial charge in [-0.2, -0.15) is 0 Å². The Morgan fingerprint density at radius 3 is 2.50 bits per heavy atom. The van der Waals surface area contributed by atoms with Gasteiger partial charge in [-0.05, 0) is 56.1 Å². The lowest BCUT2D eigenvalue weighted by Crippen LogP contribution is -2.38. The molecule has 3 rings (SSSR count). The number of hydrogen-bond donors (Lipinski definition) is 1. The highest BCUT2D eigenvalue weighted by atomic mass is 16.5. The van der Waals surface area contributed by atoms with E-state index in [1.165, 1.54) is 12.8 Å². The predicted molar refractivity (Wildman–Crippen MR) is 96.4 cm³/mol. The van der Waals surface area contributed by atoms with Gasteiger partial charge in [-0.1, -0.05) is 37.3 Å². The number of para-hydroxylation sites is 3. The molecule has 4 nitrogen and oxygen atoms in total. The monoisotopic (exact) mass is 324 g/mol. The maximum atomic E-state index is 12.4. The molecule has 0 spiro atoms. The van der Waals surface area contributed by atoms with Gasteiger partial charge in [0.1, 0.15) is 5.75 Å². The minimum absolute atomic E-state index is 0.00802. The van der Waals surface area contributed by atoms with Crippen LogP contribution in [0.15, 0.2) is 54.6 Å². The molecule has 0 saturated carbocycles. The van der Waals surface area contributed by atoms with Crippen LogP contribution in [0.1, 0.15) is 19.8 Å². The summed E-state index contributed by atoms with van der Waals surface area (Å²) in [4.78, 5) is 14.6. The van der Waals surface area contributed by atoms with Gasteiger partial charge in [0.2, 0.25) is 5.91 Å². The minimum Gasteiger partial charge on any atom is -0.455 e. The molecule has 1 heterocycles. The fourth-order valence-corrected chi connectivity index (χ4v) is 2.89. The molecule has 1 aliphatic heterocycles. The van der Waals surface area contributed by atoms with Crippen molar-refractivity contribution < 1.29 is 9.53 Å². The Balaban J connectivity index is 1.61. The van der Waals surface area contributed by atoms with E-state index in [0.29, 0.717) is 18.0 Å². The van der Waals surface area contributed by atoms with Crippen molar-refractivity contribution >= 4 is 11.6 Å². The van der Waals surface area contributed by atoms with Crippen molar-refractivity contribution in [3.63, 3.8) is 0 Å². The number of benzene rings is 2. The topological polar surface area (TPSA) is 41.6 Å². The Morgan fingerprint density at radius 1 is 1.08 bits per heavy atom. The number of likely N-dealkylation sites (tertiary alicyclic amines) is 1. The second-order valence-electron chi connectivity index (χ2n) is 6.42. The fourth-order valence-electron chi connectivity index (χ4n) is 2.89. The SMILES string of the molecule is CC1CCN(CC(=O)Nc2ccccc2Oc2ccccc2)CC1. The van der Waals surface area contributed by atoms with E-state index in [9.17, 15) is 4.79 Å². The number of rotatable bonds is 5. The summed E-state index contributed by atoms with van der Waals surface area (Å²) < 4.78 is 5.89. The van der Waals surface area contributed by atoms with E-state index in [1.807, 2.05) is 54.6 Å². The third-order valence-corrected chi connectivity index (χ3v) is 4.38. The molecule has 1 saturated heterocycles. The number of carbonyl (C=O) groups is 1. The predicted octanol–water partition coefficient (Wildman–Crippen LogP) is 4.15. The van der Waals surface area contributed by atoms with Crippen LogP contribution in [-0.2, 0) is 4.79 Å². The van der Waals surface area contributed by atoms with Gasteiger partial charge in [-0.3, -0.25) is 9.69 Å². The molecule has 1 fully saturated rings. The molecule has 0 aliphatic carbocycles. The van der Waals surface area contributed by atoms with Gasteiger partial charge in [-0.25, -0.2) is 0 Å². The summed E-state index contributed by atoms with van der Waals surface area (Å²) in [7, 11) is 0. The summed E-state index contributed by atoms with van der Waals surface area (Å²) in [5.74, 6) is 2.19. The van der Waals surface area contributed by atoms with Gasteiger partial charge in [0.05, 0.1) is 12.2 Å². The number of carbonyl (C=O) groups excluding carboxylic acids is 1. The van der Waals surface area contributed by atoms with Crippen LogP contribution in [0.3, 0.4) is 0 Å². The van der Waals surface area contributed by atoms with Crippen molar-refractivity contribution in [3.05, 3.63) is 54.6 Å². The van der Waals surface area contributed by atoms with Crippen molar-refractivity contribution in [1.29, 1.82) is 0 Å². The highest BCUT2D eigenvalue weighted by Crippen LogP contribution is 2.29. The Kier molecular flexibility index (Phi) is 5.49. The van der Waals surface area contributed by atoms with Crippen LogP contribution >= 0.6 is 0 Å². The average molecular weight is 324 g/mol. The third kappa shape index (κ3) is 4.59. The number of piperidine rings is 1. The van der Waals surface area contributed by atoms with E-state index in [2.05, 4.69) is 17.1 Å². The molecule has 2 aromatic carbocycles. The lowest BCUT2D eigenvalue weighted by molar-refractivity contribution is -0.117. The number of ether oxygens (including phenoxy) is 1. The van der Waals surface area contributed by atoms with Gasteiger partial charge >= 0.3 is 0 Å². The van der Waals surface area contributed by atoms with Crippen molar-refractivity contribution in [3.8, 4) is 11.5 Å². The summed E-state index contributed by atoms with van der Waals surface area (Å²) in [5, 5.41) is 2.98. The second-order valence-corrected chi connectivity index (χ2v) is 6.42. The summed E-state index contributed by atoms with van der Waals surface area (Å²) in [6.45, 7) is 4.70. The van der Waals surface area contributed by atoms with Crippen LogP contribution in [0.5, 0.6) is 11.5 Å².